The van der Waals surface area contributed by atoms with Crippen LogP contribution in [0.1, 0.15) is 54.5 Å². The second kappa shape index (κ2) is 12.8. The van der Waals surface area contributed by atoms with Crippen molar-refractivity contribution in [2.24, 2.45) is 0 Å². The molecule has 0 spiro atoms. The number of amides is 1. The number of fused-ring (bicyclic) bond motifs is 3. The van der Waals surface area contributed by atoms with E-state index < -0.39 is 23.7 Å². The van der Waals surface area contributed by atoms with Gasteiger partial charge >= 0.3 is 12.1 Å². The topological polar surface area (TPSA) is 97.6 Å². The van der Waals surface area contributed by atoms with E-state index in [1.54, 1.807) is 32.9 Å². The Bertz CT molecular complexity index is 1590. The summed E-state index contributed by atoms with van der Waals surface area (Å²) in [5.74, 6) is 0.0310. The van der Waals surface area contributed by atoms with Crippen molar-refractivity contribution in [3.05, 3.63) is 125 Å². The van der Waals surface area contributed by atoms with Crippen LogP contribution in [-0.4, -0.2) is 30.3 Å². The van der Waals surface area contributed by atoms with Crippen molar-refractivity contribution in [3.63, 3.8) is 0 Å². The fraction of sp³-hybridized carbons (Fsp3) is 0.250. The number of hydrogen-bond acceptors (Lipinski definition) is 6. The lowest BCUT2D eigenvalue weighted by atomic mass is 9.98. The van der Waals surface area contributed by atoms with E-state index >= 15 is 0 Å². The summed E-state index contributed by atoms with van der Waals surface area (Å²) in [5, 5.41) is 11.7. The zero-order valence-corrected chi connectivity index (χ0v) is 24.5. The zero-order valence-electron chi connectivity index (χ0n) is 24.5. The highest BCUT2D eigenvalue weighted by molar-refractivity contribution is 5.82. The van der Waals surface area contributed by atoms with E-state index in [0.29, 0.717) is 17.9 Å². The Morgan fingerprint density at radius 3 is 2.00 bits per heavy atom. The second-order valence-electron chi connectivity index (χ2n) is 11.5. The zero-order chi connectivity index (χ0) is 30.4. The normalized spacial score (nSPS) is 12.8. The predicted octanol–water partition coefficient (Wildman–Crippen LogP) is 6.93. The van der Waals surface area contributed by atoms with Gasteiger partial charge in [-0.05, 0) is 78.4 Å². The van der Waals surface area contributed by atoms with Crippen LogP contribution >= 0.6 is 0 Å². The van der Waals surface area contributed by atoms with Gasteiger partial charge in [0, 0.05) is 12.3 Å². The van der Waals surface area contributed by atoms with Gasteiger partial charge in [0.05, 0.1) is 11.6 Å². The second-order valence-corrected chi connectivity index (χ2v) is 11.5. The van der Waals surface area contributed by atoms with Gasteiger partial charge < -0.3 is 19.5 Å². The molecular formula is C36H34N2O5. The van der Waals surface area contributed by atoms with Crippen LogP contribution in [0.5, 0.6) is 5.75 Å². The van der Waals surface area contributed by atoms with Crippen LogP contribution in [0.25, 0.3) is 11.1 Å². The molecule has 1 N–H and O–H groups in total. The van der Waals surface area contributed by atoms with Gasteiger partial charge in [-0.1, -0.05) is 72.8 Å². The van der Waals surface area contributed by atoms with Crippen LogP contribution in [0.2, 0.25) is 0 Å². The summed E-state index contributed by atoms with van der Waals surface area (Å²) in [6, 6.07) is 32.0. The number of esters is 1. The standard InChI is InChI=1S/C36H34N2O5/c1-36(2,3)43-34(39)33(20-24-16-18-27(19-17-24)41-22-26-14-12-25(21-37)13-15-26)38-35(40)42-23-32-30-10-6-4-8-28(30)29-9-5-7-11-31(29)32/h4-19,32-33H,20,22-23H2,1-3H3,(H,38,40)/t33-/m0/s1. The fourth-order valence-corrected chi connectivity index (χ4v) is 5.15. The lowest BCUT2D eigenvalue weighted by Gasteiger charge is -2.25. The number of nitrogens with one attached hydrogen (secondary N) is 1. The number of benzene rings is 4. The highest BCUT2D eigenvalue weighted by Gasteiger charge is 2.31. The molecule has 1 atom stereocenters. The van der Waals surface area contributed by atoms with Gasteiger partial charge in [-0.3, -0.25) is 0 Å². The van der Waals surface area contributed by atoms with Crippen LogP contribution in [0, 0.1) is 11.3 Å². The molecule has 0 radical (unpaired) electrons. The molecule has 1 amide bonds. The van der Waals surface area contributed by atoms with Gasteiger partial charge in [0.15, 0.2) is 0 Å². The summed E-state index contributed by atoms with van der Waals surface area (Å²) < 4.78 is 17.2. The summed E-state index contributed by atoms with van der Waals surface area (Å²) in [6.07, 6.45) is -0.463. The SMILES string of the molecule is CC(C)(C)OC(=O)[C@H](Cc1ccc(OCc2ccc(C#N)cc2)cc1)NC(=O)OCC1c2ccccc2-c2ccccc21. The summed E-state index contributed by atoms with van der Waals surface area (Å²) in [4.78, 5) is 26.2. The summed E-state index contributed by atoms with van der Waals surface area (Å²) >= 11 is 0. The number of nitrogens with zero attached hydrogens (tertiary/aromatic N) is 1. The molecule has 0 saturated heterocycles. The number of alkyl carbamates (subject to hydrolysis) is 1. The maximum Gasteiger partial charge on any atom is 0.407 e. The van der Waals surface area contributed by atoms with Gasteiger partial charge in [-0.15, -0.1) is 0 Å². The Morgan fingerprint density at radius 1 is 0.837 bits per heavy atom. The molecular weight excluding hydrogens is 540 g/mol. The van der Waals surface area contributed by atoms with E-state index in [9.17, 15) is 9.59 Å². The molecule has 7 heteroatoms. The van der Waals surface area contributed by atoms with Gasteiger partial charge in [0.25, 0.3) is 0 Å². The van der Waals surface area contributed by atoms with Crippen LogP contribution < -0.4 is 10.1 Å². The third-order valence-electron chi connectivity index (χ3n) is 7.18. The first kappa shape index (κ1) is 29.4. The Balaban J connectivity index is 1.22. The Hall–Kier alpha value is -5.09. The van der Waals surface area contributed by atoms with Crippen LogP contribution in [0.3, 0.4) is 0 Å². The molecule has 218 valence electrons. The third kappa shape index (κ3) is 7.41. The minimum atomic E-state index is -0.944. The summed E-state index contributed by atoms with van der Waals surface area (Å²) in [6.45, 7) is 5.86. The molecule has 43 heavy (non-hydrogen) atoms. The molecule has 7 nitrogen and oxygen atoms in total. The molecule has 0 fully saturated rings. The number of carbonyl (C=O) groups is 2. The van der Waals surface area contributed by atoms with Crippen LogP contribution in [-0.2, 0) is 27.3 Å². The molecule has 4 aromatic carbocycles. The molecule has 1 aliphatic carbocycles. The average molecular weight is 575 g/mol. The van der Waals surface area contributed by atoms with E-state index in [1.165, 1.54) is 0 Å². The smallest absolute Gasteiger partial charge is 0.407 e. The fourth-order valence-electron chi connectivity index (χ4n) is 5.15. The Morgan fingerprint density at radius 2 is 1.42 bits per heavy atom. The molecule has 0 aliphatic heterocycles. The van der Waals surface area contributed by atoms with Crippen molar-refractivity contribution in [1.82, 2.24) is 5.32 Å². The molecule has 4 aromatic rings. The molecule has 0 heterocycles. The summed E-state index contributed by atoms with van der Waals surface area (Å²) in [5.41, 5.74) is 6.15. The largest absolute Gasteiger partial charge is 0.489 e. The molecule has 5 rings (SSSR count). The first-order chi connectivity index (χ1) is 20.7. The monoisotopic (exact) mass is 574 g/mol. The third-order valence-corrected chi connectivity index (χ3v) is 7.18. The first-order valence-corrected chi connectivity index (χ1v) is 14.3. The van der Waals surface area contributed by atoms with E-state index in [-0.39, 0.29) is 18.9 Å². The van der Waals surface area contributed by atoms with Crippen LogP contribution in [0.15, 0.2) is 97.1 Å². The van der Waals surface area contributed by atoms with Crippen molar-refractivity contribution < 1.29 is 23.8 Å². The maximum atomic E-state index is 13.1. The van der Waals surface area contributed by atoms with E-state index in [4.69, 9.17) is 19.5 Å². The van der Waals surface area contributed by atoms with Crippen molar-refractivity contribution in [2.45, 2.75) is 51.4 Å². The van der Waals surface area contributed by atoms with Crippen molar-refractivity contribution in [3.8, 4) is 22.9 Å². The number of nitriles is 1. The number of ether oxygens (including phenoxy) is 3. The lowest BCUT2D eigenvalue weighted by molar-refractivity contribution is -0.157. The Kier molecular flexibility index (Phi) is 8.77. The van der Waals surface area contributed by atoms with E-state index in [2.05, 4.69) is 35.7 Å². The molecule has 1 aliphatic rings. The minimum Gasteiger partial charge on any atom is -0.489 e. The van der Waals surface area contributed by atoms with E-state index in [0.717, 1.165) is 33.4 Å². The van der Waals surface area contributed by atoms with Crippen molar-refractivity contribution >= 4 is 12.1 Å². The van der Waals surface area contributed by atoms with Crippen molar-refractivity contribution in [1.29, 1.82) is 5.26 Å². The predicted molar refractivity (Wildman–Crippen MR) is 163 cm³/mol. The number of hydrogen-bond donors (Lipinski definition) is 1. The average Bonchev–Trinajstić information content (AvgIpc) is 3.32. The van der Waals surface area contributed by atoms with E-state index in [1.807, 2.05) is 60.7 Å². The highest BCUT2D eigenvalue weighted by atomic mass is 16.6. The highest BCUT2D eigenvalue weighted by Crippen LogP contribution is 2.44. The lowest BCUT2D eigenvalue weighted by Crippen LogP contribution is -2.46. The molecule has 0 aromatic heterocycles. The molecule has 0 saturated carbocycles. The minimum absolute atomic E-state index is 0.0880. The number of carbonyl (C=O) groups excluding carboxylic acids is 2. The quantitative estimate of drug-likeness (QED) is 0.218. The molecule has 0 bridgehead atoms. The van der Waals surface area contributed by atoms with Crippen molar-refractivity contribution in [2.75, 3.05) is 6.61 Å². The number of rotatable bonds is 9. The van der Waals surface area contributed by atoms with Gasteiger partial charge in [0.2, 0.25) is 0 Å². The maximum absolute atomic E-state index is 13.1. The summed E-state index contributed by atoms with van der Waals surface area (Å²) in [7, 11) is 0. The van der Waals surface area contributed by atoms with Gasteiger partial charge in [-0.25, -0.2) is 9.59 Å². The van der Waals surface area contributed by atoms with Crippen LogP contribution in [0.4, 0.5) is 4.79 Å². The van der Waals surface area contributed by atoms with Gasteiger partial charge in [-0.2, -0.15) is 5.26 Å². The Labute approximate surface area is 252 Å². The first-order valence-electron chi connectivity index (χ1n) is 14.3. The van der Waals surface area contributed by atoms with Gasteiger partial charge in [0.1, 0.15) is 30.6 Å². The molecule has 0 unspecified atom stereocenters.